The van der Waals surface area contributed by atoms with E-state index in [1.165, 1.54) is 18.2 Å². The molecule has 0 spiro atoms. The first kappa shape index (κ1) is 15.9. The molecule has 0 fully saturated rings. The molecule has 1 amide bonds. The third-order valence-corrected chi connectivity index (χ3v) is 5.94. The predicted molar refractivity (Wildman–Crippen MR) is 86.3 cm³/mol. The lowest BCUT2D eigenvalue weighted by Crippen LogP contribution is -2.28. The number of rotatable bonds is 4. The number of sulfonamides is 1. The van der Waals surface area contributed by atoms with E-state index < -0.39 is 15.9 Å². The molecular weight excluding hydrogens is 362 g/mol. The van der Waals surface area contributed by atoms with E-state index in [1.54, 1.807) is 18.2 Å². The second-order valence-electron chi connectivity index (χ2n) is 4.47. The van der Waals surface area contributed by atoms with Crippen LogP contribution in [0.2, 0.25) is 4.34 Å². The van der Waals surface area contributed by atoms with Crippen LogP contribution >= 0.6 is 22.9 Å². The molecule has 1 aromatic heterocycles. The summed E-state index contributed by atoms with van der Waals surface area (Å²) in [7, 11) is -3.91. The zero-order chi connectivity index (χ0) is 16.4. The van der Waals surface area contributed by atoms with Crippen LogP contribution in [0.4, 0.5) is 0 Å². The lowest BCUT2D eigenvalue weighted by Gasteiger charge is -2.01. The summed E-state index contributed by atoms with van der Waals surface area (Å²) in [5, 5.41) is 0. The molecule has 9 heteroatoms. The summed E-state index contributed by atoms with van der Waals surface area (Å²) in [4.78, 5) is 11.8. The van der Waals surface area contributed by atoms with E-state index in [1.807, 2.05) is 4.72 Å². The molecule has 0 unspecified atom stereocenters. The van der Waals surface area contributed by atoms with Crippen molar-refractivity contribution in [2.75, 3.05) is 6.79 Å². The van der Waals surface area contributed by atoms with Gasteiger partial charge in [0, 0.05) is 6.08 Å². The molecule has 0 atom stereocenters. The molecule has 120 valence electrons. The minimum Gasteiger partial charge on any atom is -0.454 e. The Bertz CT molecular complexity index is 888. The Morgan fingerprint density at radius 1 is 1.22 bits per heavy atom. The average molecular weight is 372 g/mol. The molecule has 2 heterocycles. The van der Waals surface area contributed by atoms with E-state index in [4.69, 9.17) is 21.1 Å². The molecule has 1 N–H and O–H groups in total. The van der Waals surface area contributed by atoms with E-state index in [9.17, 15) is 13.2 Å². The van der Waals surface area contributed by atoms with E-state index in [0.717, 1.165) is 17.4 Å². The lowest BCUT2D eigenvalue weighted by molar-refractivity contribution is -0.114. The van der Waals surface area contributed by atoms with Crippen molar-refractivity contribution in [2.24, 2.45) is 0 Å². The van der Waals surface area contributed by atoms with Gasteiger partial charge in [-0.1, -0.05) is 17.7 Å². The molecule has 1 aromatic carbocycles. The van der Waals surface area contributed by atoms with E-state index >= 15 is 0 Å². The normalized spacial score (nSPS) is 13.4. The number of benzene rings is 1. The van der Waals surface area contributed by atoms with Crippen LogP contribution in [-0.2, 0) is 14.8 Å². The SMILES string of the molecule is O=C(/C=C/c1ccc2c(c1)OCO2)NS(=O)(=O)c1ccc(Cl)s1. The Morgan fingerprint density at radius 3 is 2.74 bits per heavy atom. The van der Waals surface area contributed by atoms with Crippen LogP contribution in [0.1, 0.15) is 5.56 Å². The first-order valence-electron chi connectivity index (χ1n) is 6.34. The molecule has 2 aromatic rings. The Hall–Kier alpha value is -2.03. The van der Waals surface area contributed by atoms with Gasteiger partial charge in [-0.25, -0.2) is 13.1 Å². The maximum Gasteiger partial charge on any atom is 0.273 e. The number of fused-ring (bicyclic) bond motifs is 1. The Balaban J connectivity index is 1.69. The highest BCUT2D eigenvalue weighted by Crippen LogP contribution is 2.32. The molecule has 6 nitrogen and oxygen atoms in total. The minimum atomic E-state index is -3.91. The fourth-order valence-corrected chi connectivity index (χ4v) is 4.28. The smallest absolute Gasteiger partial charge is 0.273 e. The van der Waals surface area contributed by atoms with Gasteiger partial charge in [0.05, 0.1) is 4.34 Å². The number of nitrogens with one attached hydrogen (secondary N) is 1. The first-order chi connectivity index (χ1) is 10.9. The maximum atomic E-state index is 12.0. The van der Waals surface area contributed by atoms with Crippen molar-refractivity contribution in [1.29, 1.82) is 0 Å². The van der Waals surface area contributed by atoms with Gasteiger partial charge in [-0.15, -0.1) is 11.3 Å². The van der Waals surface area contributed by atoms with Gasteiger partial charge in [0.15, 0.2) is 11.5 Å². The van der Waals surface area contributed by atoms with Crippen molar-refractivity contribution >= 4 is 44.9 Å². The zero-order valence-electron chi connectivity index (χ0n) is 11.5. The summed E-state index contributed by atoms with van der Waals surface area (Å²) in [6.45, 7) is 0.157. The quantitative estimate of drug-likeness (QED) is 0.835. The van der Waals surface area contributed by atoms with Crippen LogP contribution in [0.15, 0.2) is 40.6 Å². The van der Waals surface area contributed by atoms with Crippen LogP contribution in [-0.4, -0.2) is 21.1 Å². The van der Waals surface area contributed by atoms with Crippen molar-refractivity contribution in [3.63, 3.8) is 0 Å². The standard InChI is InChI=1S/C14H10ClNO5S2/c15-12-4-6-14(22-12)23(18,19)16-13(17)5-2-9-1-3-10-11(7-9)21-8-20-10/h1-7H,8H2,(H,16,17)/b5-2+. The van der Waals surface area contributed by atoms with Gasteiger partial charge in [-0.05, 0) is 35.9 Å². The molecule has 0 radical (unpaired) electrons. The van der Waals surface area contributed by atoms with E-state index in [2.05, 4.69) is 0 Å². The molecule has 23 heavy (non-hydrogen) atoms. The van der Waals surface area contributed by atoms with Gasteiger partial charge in [0.25, 0.3) is 15.9 Å². The maximum absolute atomic E-state index is 12.0. The largest absolute Gasteiger partial charge is 0.454 e. The number of halogens is 1. The number of amides is 1. The van der Waals surface area contributed by atoms with Gasteiger partial charge >= 0.3 is 0 Å². The summed E-state index contributed by atoms with van der Waals surface area (Å²) in [5.41, 5.74) is 0.681. The lowest BCUT2D eigenvalue weighted by atomic mass is 10.2. The zero-order valence-corrected chi connectivity index (χ0v) is 13.9. The summed E-state index contributed by atoms with van der Waals surface area (Å²) in [6, 6.07) is 7.92. The monoisotopic (exact) mass is 371 g/mol. The fraction of sp³-hybridized carbons (Fsp3) is 0.0714. The molecule has 1 aliphatic rings. The summed E-state index contributed by atoms with van der Waals surface area (Å²) in [5.74, 6) is 0.448. The number of ether oxygens (including phenoxy) is 2. The third kappa shape index (κ3) is 3.66. The summed E-state index contributed by atoms with van der Waals surface area (Å²) >= 11 is 6.57. The Kier molecular flexibility index (Phi) is 4.29. The second kappa shape index (κ2) is 6.23. The van der Waals surface area contributed by atoms with Gasteiger partial charge in [0.1, 0.15) is 4.21 Å². The van der Waals surface area contributed by atoms with Crippen LogP contribution < -0.4 is 14.2 Å². The van der Waals surface area contributed by atoms with Crippen molar-refractivity contribution in [2.45, 2.75) is 4.21 Å². The first-order valence-corrected chi connectivity index (χ1v) is 9.02. The van der Waals surface area contributed by atoms with Gasteiger partial charge in [-0.2, -0.15) is 0 Å². The second-order valence-corrected chi connectivity index (χ2v) is 8.10. The van der Waals surface area contributed by atoms with Crippen LogP contribution in [0.5, 0.6) is 11.5 Å². The van der Waals surface area contributed by atoms with Crippen LogP contribution in [0.3, 0.4) is 0 Å². The highest BCUT2D eigenvalue weighted by molar-refractivity contribution is 7.92. The minimum absolute atomic E-state index is 0.0210. The van der Waals surface area contributed by atoms with Gasteiger partial charge in [0.2, 0.25) is 6.79 Å². The number of carbonyl (C=O) groups is 1. The summed E-state index contributed by atoms with van der Waals surface area (Å²) < 4.78 is 36.6. The van der Waals surface area contributed by atoms with Gasteiger partial charge in [-0.3, -0.25) is 4.79 Å². The molecule has 0 saturated carbocycles. The highest BCUT2D eigenvalue weighted by atomic mass is 35.5. The van der Waals surface area contributed by atoms with Gasteiger partial charge < -0.3 is 9.47 Å². The Morgan fingerprint density at radius 2 is 2.00 bits per heavy atom. The molecule has 1 aliphatic heterocycles. The Labute approximate surface area is 141 Å². The summed E-state index contributed by atoms with van der Waals surface area (Å²) in [6.07, 6.45) is 2.61. The molecule has 0 bridgehead atoms. The van der Waals surface area contributed by atoms with Crippen molar-refractivity contribution in [3.05, 3.63) is 46.3 Å². The van der Waals surface area contributed by atoms with Crippen molar-refractivity contribution in [3.8, 4) is 11.5 Å². The highest BCUT2D eigenvalue weighted by Gasteiger charge is 2.18. The van der Waals surface area contributed by atoms with E-state index in [0.29, 0.717) is 21.4 Å². The van der Waals surface area contributed by atoms with Crippen LogP contribution in [0, 0.1) is 0 Å². The number of thiophene rings is 1. The molecule has 0 aliphatic carbocycles. The fourth-order valence-electron chi connectivity index (χ4n) is 1.85. The van der Waals surface area contributed by atoms with Crippen molar-refractivity contribution in [1.82, 2.24) is 4.72 Å². The number of hydrogen-bond acceptors (Lipinski definition) is 6. The van der Waals surface area contributed by atoms with Crippen molar-refractivity contribution < 1.29 is 22.7 Å². The van der Waals surface area contributed by atoms with E-state index in [-0.39, 0.29) is 11.0 Å². The topological polar surface area (TPSA) is 81.7 Å². The molecule has 3 rings (SSSR count). The third-order valence-electron chi connectivity index (χ3n) is 2.87. The molecular formula is C14H10ClNO5S2. The number of carbonyl (C=O) groups excluding carboxylic acids is 1. The molecule has 0 saturated heterocycles. The van der Waals surface area contributed by atoms with Crippen LogP contribution in [0.25, 0.3) is 6.08 Å². The predicted octanol–water partition coefficient (Wildman–Crippen LogP) is 2.65. The number of hydrogen-bond donors (Lipinski definition) is 1. The average Bonchev–Trinajstić information content (AvgIpc) is 3.13.